The molecule has 0 atom stereocenters. The zero-order chi connectivity index (χ0) is 21.5. The molecule has 0 amide bonds. The van der Waals surface area contributed by atoms with Gasteiger partial charge in [-0.25, -0.2) is 0 Å². The van der Waals surface area contributed by atoms with E-state index in [-0.39, 0.29) is 17.9 Å². The van der Waals surface area contributed by atoms with Gasteiger partial charge < -0.3 is 14.6 Å². The molecule has 0 radical (unpaired) electrons. The van der Waals surface area contributed by atoms with Gasteiger partial charge in [0.05, 0.1) is 22.5 Å². The number of nitriles is 1. The summed E-state index contributed by atoms with van der Waals surface area (Å²) in [5.74, 6) is -0.676. The van der Waals surface area contributed by atoms with Crippen LogP contribution in [0.2, 0.25) is 0 Å². The number of hydrogen-bond acceptors (Lipinski definition) is 6. The molecular formula is C23H15N2O5-. The van der Waals surface area contributed by atoms with E-state index in [1.54, 1.807) is 48.5 Å². The van der Waals surface area contributed by atoms with Crippen LogP contribution < -0.4 is 9.84 Å². The molecule has 0 aliphatic carbocycles. The van der Waals surface area contributed by atoms with Crippen molar-refractivity contribution >= 4 is 23.3 Å². The molecule has 3 aromatic rings. The number of non-ortho nitro benzene ring substituents is 1. The number of carbonyl (C=O) groups excluding carboxylic acids is 1. The fourth-order valence-electron chi connectivity index (χ4n) is 2.75. The van der Waals surface area contributed by atoms with Crippen molar-refractivity contribution < 1.29 is 19.6 Å². The fourth-order valence-corrected chi connectivity index (χ4v) is 2.75. The summed E-state index contributed by atoms with van der Waals surface area (Å²) in [6.07, 6.45) is 1.63. The maximum absolute atomic E-state index is 10.9. The number of rotatable bonds is 7. The molecule has 148 valence electrons. The Kier molecular flexibility index (Phi) is 6.20. The topological polar surface area (TPSA) is 116 Å². The van der Waals surface area contributed by atoms with E-state index < -0.39 is 10.9 Å². The number of carbonyl (C=O) groups is 1. The Hall–Kier alpha value is -4.44. The van der Waals surface area contributed by atoms with E-state index in [1.807, 2.05) is 0 Å². The van der Waals surface area contributed by atoms with Crippen LogP contribution in [0.4, 0.5) is 5.69 Å². The molecule has 0 fully saturated rings. The van der Waals surface area contributed by atoms with E-state index in [0.29, 0.717) is 22.4 Å². The summed E-state index contributed by atoms with van der Waals surface area (Å²) in [6, 6.07) is 21.2. The van der Waals surface area contributed by atoms with Crippen LogP contribution in [-0.2, 0) is 6.61 Å². The molecule has 0 spiro atoms. The summed E-state index contributed by atoms with van der Waals surface area (Å²) < 4.78 is 5.67. The molecule has 0 bridgehead atoms. The Bertz CT molecular complexity index is 1160. The van der Waals surface area contributed by atoms with Crippen molar-refractivity contribution in [2.24, 2.45) is 0 Å². The van der Waals surface area contributed by atoms with E-state index in [2.05, 4.69) is 6.07 Å². The van der Waals surface area contributed by atoms with Gasteiger partial charge in [0.1, 0.15) is 12.4 Å². The van der Waals surface area contributed by atoms with E-state index in [0.717, 1.165) is 5.56 Å². The highest BCUT2D eigenvalue weighted by molar-refractivity contribution is 5.90. The summed E-state index contributed by atoms with van der Waals surface area (Å²) in [4.78, 5) is 21.3. The molecule has 30 heavy (non-hydrogen) atoms. The number of nitrogens with zero attached hydrogens (tertiary/aromatic N) is 2. The minimum Gasteiger partial charge on any atom is -0.545 e. The SMILES string of the molecule is N#C/C(=C/c1ccc(OCc2cccc(C(=O)[O-])c2)cc1)c1cccc([N+](=O)[O-])c1. The highest BCUT2D eigenvalue weighted by Crippen LogP contribution is 2.23. The average molecular weight is 399 g/mol. The Morgan fingerprint density at radius 1 is 1.03 bits per heavy atom. The van der Waals surface area contributed by atoms with Crippen molar-refractivity contribution in [3.8, 4) is 11.8 Å². The van der Waals surface area contributed by atoms with E-state index in [9.17, 15) is 25.3 Å². The first-order valence-electron chi connectivity index (χ1n) is 8.86. The minimum atomic E-state index is -1.25. The predicted molar refractivity (Wildman–Crippen MR) is 108 cm³/mol. The number of nitro benzene ring substituents is 1. The Morgan fingerprint density at radius 3 is 2.40 bits per heavy atom. The number of benzene rings is 3. The van der Waals surface area contributed by atoms with Crippen LogP contribution in [0.1, 0.15) is 27.0 Å². The van der Waals surface area contributed by atoms with Gasteiger partial charge in [-0.05, 0) is 46.5 Å². The maximum Gasteiger partial charge on any atom is 0.270 e. The third kappa shape index (κ3) is 5.09. The van der Waals surface area contributed by atoms with Crippen LogP contribution in [0.3, 0.4) is 0 Å². The van der Waals surface area contributed by atoms with Gasteiger partial charge in [0, 0.05) is 12.1 Å². The second-order valence-electron chi connectivity index (χ2n) is 6.32. The molecule has 0 saturated carbocycles. The van der Waals surface area contributed by atoms with Crippen LogP contribution in [0.25, 0.3) is 11.6 Å². The first-order chi connectivity index (χ1) is 14.5. The number of hydrogen-bond donors (Lipinski definition) is 0. The minimum absolute atomic E-state index is 0.0832. The van der Waals surface area contributed by atoms with E-state index in [4.69, 9.17) is 4.74 Å². The lowest BCUT2D eigenvalue weighted by Gasteiger charge is -2.09. The maximum atomic E-state index is 10.9. The number of allylic oxidation sites excluding steroid dienone is 1. The Labute approximate surface area is 172 Å². The molecule has 0 unspecified atom stereocenters. The third-order valence-electron chi connectivity index (χ3n) is 4.25. The monoisotopic (exact) mass is 399 g/mol. The van der Waals surface area contributed by atoms with Crippen molar-refractivity contribution in [3.05, 3.63) is 105 Å². The van der Waals surface area contributed by atoms with Gasteiger partial charge in [-0.2, -0.15) is 5.26 Å². The summed E-state index contributed by atoms with van der Waals surface area (Å²) >= 11 is 0. The molecule has 0 aliphatic rings. The number of nitro groups is 1. The van der Waals surface area contributed by atoms with Crippen molar-refractivity contribution in [2.45, 2.75) is 6.61 Å². The van der Waals surface area contributed by atoms with Crippen molar-refractivity contribution in [1.82, 2.24) is 0 Å². The van der Waals surface area contributed by atoms with Crippen molar-refractivity contribution in [2.75, 3.05) is 0 Å². The standard InChI is InChI=1S/C23H16N2O5/c24-14-20(18-4-2-6-21(13-18)25(28)29)11-16-7-9-22(10-8-16)30-15-17-3-1-5-19(12-17)23(26)27/h1-13H,15H2,(H,26,27)/p-1/b20-11-. The van der Waals surface area contributed by atoms with E-state index >= 15 is 0 Å². The van der Waals surface area contributed by atoms with Crippen LogP contribution in [0, 0.1) is 21.4 Å². The van der Waals surface area contributed by atoms with E-state index in [1.165, 1.54) is 30.3 Å². The molecule has 0 N–H and O–H groups in total. The molecule has 3 aromatic carbocycles. The lowest BCUT2D eigenvalue weighted by Crippen LogP contribution is -2.22. The molecule has 7 nitrogen and oxygen atoms in total. The Balaban J connectivity index is 1.72. The largest absolute Gasteiger partial charge is 0.545 e. The summed E-state index contributed by atoms with van der Waals surface area (Å²) in [5, 5.41) is 31.3. The summed E-state index contributed by atoms with van der Waals surface area (Å²) in [7, 11) is 0. The quantitative estimate of drug-likeness (QED) is 0.259. The van der Waals surface area contributed by atoms with Gasteiger partial charge in [0.2, 0.25) is 0 Å². The molecule has 0 heterocycles. The third-order valence-corrected chi connectivity index (χ3v) is 4.25. The lowest BCUT2D eigenvalue weighted by atomic mass is 10.0. The number of carboxylic acid groups (broad SMARTS) is 1. The van der Waals surface area contributed by atoms with Gasteiger partial charge in [-0.1, -0.05) is 42.5 Å². The summed E-state index contributed by atoms with van der Waals surface area (Å²) in [6.45, 7) is 0.188. The van der Waals surface area contributed by atoms with Crippen LogP contribution in [-0.4, -0.2) is 10.9 Å². The van der Waals surface area contributed by atoms with Crippen molar-refractivity contribution in [1.29, 1.82) is 5.26 Å². The number of ether oxygens (including phenoxy) is 1. The Morgan fingerprint density at radius 2 is 1.73 bits per heavy atom. The molecule has 0 aliphatic heterocycles. The van der Waals surface area contributed by atoms with Gasteiger partial charge in [-0.3, -0.25) is 10.1 Å². The zero-order valence-corrected chi connectivity index (χ0v) is 15.6. The number of aromatic carboxylic acids is 1. The first kappa shape index (κ1) is 20.3. The molecule has 0 aromatic heterocycles. The zero-order valence-electron chi connectivity index (χ0n) is 15.6. The van der Waals surface area contributed by atoms with Crippen LogP contribution in [0.5, 0.6) is 5.75 Å². The van der Waals surface area contributed by atoms with Crippen molar-refractivity contribution in [3.63, 3.8) is 0 Å². The molecule has 3 rings (SSSR count). The molecule has 0 saturated heterocycles. The second-order valence-corrected chi connectivity index (χ2v) is 6.32. The number of carboxylic acids is 1. The lowest BCUT2D eigenvalue weighted by molar-refractivity contribution is -0.384. The predicted octanol–water partition coefficient (Wildman–Crippen LogP) is 3.60. The van der Waals surface area contributed by atoms with Gasteiger partial charge >= 0.3 is 0 Å². The average Bonchev–Trinajstić information content (AvgIpc) is 2.77. The smallest absolute Gasteiger partial charge is 0.270 e. The van der Waals surface area contributed by atoms with Gasteiger partial charge in [0.15, 0.2) is 0 Å². The normalized spacial score (nSPS) is 10.8. The molecule has 7 heteroatoms. The molecular weight excluding hydrogens is 384 g/mol. The van der Waals surface area contributed by atoms with Gasteiger partial charge in [-0.15, -0.1) is 0 Å². The first-order valence-corrected chi connectivity index (χ1v) is 8.86. The van der Waals surface area contributed by atoms with Crippen LogP contribution in [0.15, 0.2) is 72.8 Å². The second kappa shape index (κ2) is 9.17. The van der Waals surface area contributed by atoms with Gasteiger partial charge in [0.25, 0.3) is 5.69 Å². The highest BCUT2D eigenvalue weighted by atomic mass is 16.6. The highest BCUT2D eigenvalue weighted by Gasteiger charge is 2.09. The summed E-state index contributed by atoms with van der Waals surface area (Å²) in [5.41, 5.74) is 2.18. The van der Waals surface area contributed by atoms with Crippen LogP contribution >= 0.6 is 0 Å². The fraction of sp³-hybridized carbons (Fsp3) is 0.0435.